The summed E-state index contributed by atoms with van der Waals surface area (Å²) in [5, 5.41) is 0. The Labute approximate surface area is 91.0 Å². The Morgan fingerprint density at radius 2 is 0.929 bits per heavy atom. The predicted octanol–water partition coefficient (Wildman–Crippen LogP) is 5.02. The van der Waals surface area contributed by atoms with Crippen molar-refractivity contribution < 1.29 is 4.70 Å². The number of hydrogen-bond acceptors (Lipinski definition) is 0. The molecule has 0 rings (SSSR count). The minimum Gasteiger partial charge on any atom is -0.269 e. The van der Waals surface area contributed by atoms with Gasteiger partial charge in [0.05, 0.1) is 0 Å². The topological polar surface area (TPSA) is 0 Å². The average molecular weight is 222 g/mol. The van der Waals surface area contributed by atoms with Gasteiger partial charge in [-0.25, -0.2) is 0 Å². The molecule has 0 saturated heterocycles. The molecule has 0 heterocycles. The van der Waals surface area contributed by atoms with E-state index >= 15 is 0 Å². The van der Waals surface area contributed by atoms with Gasteiger partial charge in [-0.2, -0.15) is 0 Å². The zero-order valence-electron chi connectivity index (χ0n) is 10.2. The van der Waals surface area contributed by atoms with Gasteiger partial charge in [-0.1, -0.05) is 40.0 Å². The summed E-state index contributed by atoms with van der Waals surface area (Å²) in [6.45, 7) is 6.94. The highest BCUT2D eigenvalue weighted by Gasteiger charge is 2.05. The third-order valence-electron chi connectivity index (χ3n) is 2.48. The average Bonchev–Trinajstić information content (AvgIpc) is 2.17. The Hall–Kier alpha value is 0.360. The lowest BCUT2D eigenvalue weighted by atomic mass is 10.4. The van der Waals surface area contributed by atoms with Gasteiger partial charge in [0.1, 0.15) is 0 Å². The highest BCUT2D eigenvalue weighted by molar-refractivity contribution is 7.57. The van der Waals surface area contributed by atoms with Gasteiger partial charge in [0.2, 0.25) is 0 Å². The maximum atomic E-state index is 2.31. The summed E-state index contributed by atoms with van der Waals surface area (Å²) >= 11 is 0. The molecule has 0 atom stereocenters. The highest BCUT2D eigenvalue weighted by Crippen LogP contribution is 2.38. The summed E-state index contributed by atoms with van der Waals surface area (Å²) < 4.78 is 0. The van der Waals surface area contributed by atoms with Crippen LogP contribution in [0.1, 0.15) is 59.3 Å². The van der Waals surface area contributed by atoms with Crippen LogP contribution in [0.4, 0.5) is 4.70 Å². The van der Waals surface area contributed by atoms with Crippen molar-refractivity contribution in [1.82, 2.24) is 0 Å². The largest absolute Gasteiger partial charge is 0.269 e. The minimum absolute atomic E-state index is 0. The van der Waals surface area contributed by atoms with E-state index < -0.39 is 0 Å². The molecule has 14 heavy (non-hydrogen) atoms. The molecule has 0 spiro atoms. The third kappa shape index (κ3) is 10.4. The van der Waals surface area contributed by atoms with Gasteiger partial charge in [0.15, 0.2) is 0 Å². The molecular formula is C12H28FP. The maximum Gasteiger partial charge on any atom is -0.0326 e. The second kappa shape index (κ2) is 13.4. The number of rotatable bonds is 9. The molecule has 88 valence electrons. The molecule has 0 bridgehead atoms. The lowest BCUT2D eigenvalue weighted by Crippen LogP contribution is -1.95. The number of halogens is 1. The molecule has 0 fully saturated rings. The lowest BCUT2D eigenvalue weighted by molar-refractivity contribution is 0.847. The van der Waals surface area contributed by atoms with E-state index in [2.05, 4.69) is 20.8 Å². The highest BCUT2D eigenvalue weighted by atomic mass is 31.1. The Morgan fingerprint density at radius 1 is 0.643 bits per heavy atom. The van der Waals surface area contributed by atoms with Crippen LogP contribution in [0, 0.1) is 0 Å². The van der Waals surface area contributed by atoms with E-state index in [1.807, 2.05) is 0 Å². The van der Waals surface area contributed by atoms with Crippen LogP contribution < -0.4 is 0 Å². The molecule has 0 saturated carbocycles. The van der Waals surface area contributed by atoms with Crippen molar-refractivity contribution in [2.45, 2.75) is 59.3 Å². The van der Waals surface area contributed by atoms with Gasteiger partial charge in [0.25, 0.3) is 0 Å². The molecule has 0 aromatic heterocycles. The number of hydrogen-bond donors (Lipinski definition) is 0. The van der Waals surface area contributed by atoms with Gasteiger partial charge < -0.3 is 0 Å². The summed E-state index contributed by atoms with van der Waals surface area (Å²) in [5.41, 5.74) is 0. The van der Waals surface area contributed by atoms with Gasteiger partial charge >= 0.3 is 0 Å². The Balaban J connectivity index is 0. The predicted molar refractivity (Wildman–Crippen MR) is 68.7 cm³/mol. The molecule has 0 nitrogen and oxygen atoms in total. The Bertz CT molecular complexity index is 77.3. The molecule has 2 heteroatoms. The Kier molecular flexibility index (Phi) is 16.0. The van der Waals surface area contributed by atoms with E-state index in [0.29, 0.717) is 7.92 Å². The molecule has 0 unspecified atom stereocenters. The van der Waals surface area contributed by atoms with Crippen LogP contribution in [0.15, 0.2) is 0 Å². The van der Waals surface area contributed by atoms with E-state index in [1.165, 1.54) is 38.5 Å². The van der Waals surface area contributed by atoms with E-state index in [4.69, 9.17) is 0 Å². The SMILES string of the molecule is CCCCP(CCCC)CCCC.F. The van der Waals surface area contributed by atoms with Crippen molar-refractivity contribution in [3.63, 3.8) is 0 Å². The summed E-state index contributed by atoms with van der Waals surface area (Å²) in [5.74, 6) is 0. The number of unbranched alkanes of at least 4 members (excludes halogenated alkanes) is 3. The molecule has 0 aromatic rings. The van der Waals surface area contributed by atoms with Crippen molar-refractivity contribution in [2.24, 2.45) is 0 Å². The Morgan fingerprint density at radius 3 is 1.14 bits per heavy atom. The zero-order valence-corrected chi connectivity index (χ0v) is 11.1. The van der Waals surface area contributed by atoms with Crippen LogP contribution >= 0.6 is 7.92 Å². The molecule has 0 aliphatic carbocycles. The first-order valence-electron chi connectivity index (χ1n) is 6.07. The fourth-order valence-corrected chi connectivity index (χ4v) is 4.44. The van der Waals surface area contributed by atoms with Crippen molar-refractivity contribution in [1.29, 1.82) is 0 Å². The molecule has 0 aromatic carbocycles. The third-order valence-corrected chi connectivity index (χ3v) is 5.33. The normalized spacial score (nSPS) is 10.3. The van der Waals surface area contributed by atoms with Crippen molar-refractivity contribution in [3.05, 3.63) is 0 Å². The first-order valence-corrected chi connectivity index (χ1v) is 7.97. The maximum absolute atomic E-state index is 2.31. The summed E-state index contributed by atoms with van der Waals surface area (Å²) in [7, 11) is 0.422. The first kappa shape index (κ1) is 16.8. The standard InChI is InChI=1S/C12H27P.FH/c1-4-7-10-13(11-8-5-2)12-9-6-3;/h4-12H2,1-3H3;1H. The molecular weight excluding hydrogens is 194 g/mol. The van der Waals surface area contributed by atoms with Crippen LogP contribution in [0.3, 0.4) is 0 Å². The van der Waals surface area contributed by atoms with Crippen molar-refractivity contribution in [3.8, 4) is 0 Å². The molecule has 0 aliphatic rings. The fraction of sp³-hybridized carbons (Fsp3) is 1.00. The minimum atomic E-state index is 0. The van der Waals surface area contributed by atoms with Gasteiger partial charge in [-0.15, -0.1) is 7.92 Å². The van der Waals surface area contributed by atoms with E-state index in [1.54, 1.807) is 18.5 Å². The quantitative estimate of drug-likeness (QED) is 0.480. The van der Waals surface area contributed by atoms with E-state index in [-0.39, 0.29) is 4.70 Å². The van der Waals surface area contributed by atoms with Gasteiger partial charge in [-0.3, -0.25) is 4.70 Å². The summed E-state index contributed by atoms with van der Waals surface area (Å²) in [6, 6.07) is 0. The molecule has 0 N–H and O–H groups in total. The zero-order chi connectivity index (χ0) is 9.94. The van der Waals surface area contributed by atoms with Crippen LogP contribution in [0.5, 0.6) is 0 Å². The second-order valence-electron chi connectivity index (χ2n) is 3.90. The monoisotopic (exact) mass is 222 g/mol. The van der Waals surface area contributed by atoms with Gasteiger partial charge in [0, 0.05) is 0 Å². The molecule has 0 amide bonds. The van der Waals surface area contributed by atoms with Crippen LogP contribution in [-0.4, -0.2) is 18.5 Å². The van der Waals surface area contributed by atoms with Crippen molar-refractivity contribution in [2.75, 3.05) is 18.5 Å². The fourth-order valence-electron chi connectivity index (χ4n) is 1.48. The summed E-state index contributed by atoms with van der Waals surface area (Å²) in [4.78, 5) is 0. The van der Waals surface area contributed by atoms with E-state index in [0.717, 1.165) is 0 Å². The second-order valence-corrected chi connectivity index (χ2v) is 6.59. The van der Waals surface area contributed by atoms with Gasteiger partial charge in [-0.05, 0) is 37.7 Å². The first-order chi connectivity index (χ1) is 6.35. The van der Waals surface area contributed by atoms with Crippen molar-refractivity contribution >= 4 is 7.92 Å². The van der Waals surface area contributed by atoms with Crippen LogP contribution in [0.2, 0.25) is 0 Å². The molecule has 0 aliphatic heterocycles. The smallest absolute Gasteiger partial charge is 0.0326 e. The van der Waals surface area contributed by atoms with E-state index in [9.17, 15) is 0 Å². The summed E-state index contributed by atoms with van der Waals surface area (Å²) in [6.07, 6.45) is 13.2. The van der Waals surface area contributed by atoms with Crippen LogP contribution in [-0.2, 0) is 0 Å². The molecule has 0 radical (unpaired) electrons. The lowest BCUT2D eigenvalue weighted by Gasteiger charge is -2.16. The van der Waals surface area contributed by atoms with Crippen LogP contribution in [0.25, 0.3) is 0 Å².